The van der Waals surface area contributed by atoms with Crippen molar-refractivity contribution in [2.45, 2.75) is 25.4 Å². The minimum Gasteiger partial charge on any atom is -0.484 e. The van der Waals surface area contributed by atoms with Gasteiger partial charge in [-0.3, -0.25) is 9.59 Å². The van der Waals surface area contributed by atoms with E-state index < -0.39 is 30.6 Å². The Morgan fingerprint density at radius 2 is 1.96 bits per heavy atom. The van der Waals surface area contributed by atoms with Gasteiger partial charge in [0.2, 0.25) is 5.91 Å². The molecule has 2 rings (SSSR count). The maximum Gasteiger partial charge on any atom is 0.422 e. The van der Waals surface area contributed by atoms with E-state index in [1.54, 1.807) is 0 Å². The van der Waals surface area contributed by atoms with E-state index in [1.807, 2.05) is 0 Å². The van der Waals surface area contributed by atoms with E-state index in [9.17, 15) is 22.8 Å². The Morgan fingerprint density at radius 3 is 2.57 bits per heavy atom. The number of rotatable bonds is 5. The zero-order valence-corrected chi connectivity index (χ0v) is 12.1. The Kier molecular flexibility index (Phi) is 5.12. The molecule has 0 unspecified atom stereocenters. The lowest BCUT2D eigenvalue weighted by atomic mass is 10.0. The first-order valence-corrected chi connectivity index (χ1v) is 7.08. The van der Waals surface area contributed by atoms with Crippen LogP contribution in [0.4, 0.5) is 18.9 Å². The van der Waals surface area contributed by atoms with E-state index in [-0.39, 0.29) is 18.1 Å². The summed E-state index contributed by atoms with van der Waals surface area (Å²) in [4.78, 5) is 23.0. The van der Waals surface area contributed by atoms with Crippen LogP contribution in [0.2, 0.25) is 0 Å². The van der Waals surface area contributed by atoms with E-state index in [2.05, 4.69) is 10.1 Å². The number of carbonyl (C=O) groups excluding carboxylic acids is 1. The smallest absolute Gasteiger partial charge is 0.422 e. The molecule has 1 saturated carbocycles. The highest BCUT2D eigenvalue weighted by Crippen LogP contribution is 2.32. The molecule has 0 bridgehead atoms. The molecular formula is C15H16F3NO4. The highest BCUT2D eigenvalue weighted by Gasteiger charge is 2.34. The van der Waals surface area contributed by atoms with Crippen LogP contribution >= 0.6 is 0 Å². The van der Waals surface area contributed by atoms with Gasteiger partial charge in [0.25, 0.3) is 0 Å². The summed E-state index contributed by atoms with van der Waals surface area (Å²) in [7, 11) is 0. The van der Waals surface area contributed by atoms with Gasteiger partial charge >= 0.3 is 12.1 Å². The van der Waals surface area contributed by atoms with Crippen LogP contribution in [0.1, 0.15) is 19.3 Å². The first-order chi connectivity index (χ1) is 10.7. The van der Waals surface area contributed by atoms with Gasteiger partial charge in [-0.1, -0.05) is 6.07 Å². The summed E-state index contributed by atoms with van der Waals surface area (Å²) in [5.41, 5.74) is 0.313. The van der Waals surface area contributed by atoms with Gasteiger partial charge in [0.15, 0.2) is 6.61 Å². The molecule has 0 heterocycles. The van der Waals surface area contributed by atoms with Crippen molar-refractivity contribution in [3.8, 4) is 5.75 Å². The first kappa shape index (κ1) is 17.1. The van der Waals surface area contributed by atoms with Gasteiger partial charge in [0.05, 0.1) is 5.92 Å². The molecular weight excluding hydrogens is 315 g/mol. The van der Waals surface area contributed by atoms with Crippen LogP contribution in [0.15, 0.2) is 24.3 Å². The first-order valence-electron chi connectivity index (χ1n) is 7.08. The standard InChI is InChI=1S/C15H16F3NO4/c16-15(17,18)8-23-12-3-1-2-11(7-12)19-13(20)9-4-5-10(6-9)14(21)22/h1-3,7,9-10H,4-6,8H2,(H,19,20)(H,21,22)/t9-,10+/m0/s1. The second-order valence-electron chi connectivity index (χ2n) is 5.47. The summed E-state index contributed by atoms with van der Waals surface area (Å²) < 4.78 is 41.0. The highest BCUT2D eigenvalue weighted by atomic mass is 19.4. The minimum absolute atomic E-state index is 0.00467. The molecule has 23 heavy (non-hydrogen) atoms. The number of carboxylic acid groups (broad SMARTS) is 1. The van der Waals surface area contributed by atoms with Gasteiger partial charge in [0, 0.05) is 17.7 Å². The molecule has 1 fully saturated rings. The van der Waals surface area contributed by atoms with Crippen molar-refractivity contribution in [2.24, 2.45) is 11.8 Å². The monoisotopic (exact) mass is 331 g/mol. The predicted octanol–water partition coefficient (Wildman–Crippen LogP) is 3.07. The topological polar surface area (TPSA) is 75.6 Å². The molecule has 0 aliphatic heterocycles. The maximum atomic E-state index is 12.1. The van der Waals surface area contributed by atoms with Crippen molar-refractivity contribution >= 4 is 17.6 Å². The van der Waals surface area contributed by atoms with Gasteiger partial charge < -0.3 is 15.2 Å². The predicted molar refractivity (Wildman–Crippen MR) is 75.1 cm³/mol. The molecule has 1 aliphatic rings. The number of ether oxygens (including phenoxy) is 1. The molecule has 0 saturated heterocycles. The SMILES string of the molecule is O=C(O)[C@@H]1CC[C@H](C(=O)Nc2cccc(OCC(F)(F)F)c2)C1. The third kappa shape index (κ3) is 5.15. The Morgan fingerprint density at radius 1 is 1.26 bits per heavy atom. The van der Waals surface area contributed by atoms with E-state index in [0.717, 1.165) is 0 Å². The second kappa shape index (κ2) is 6.89. The van der Waals surface area contributed by atoms with Crippen molar-refractivity contribution < 1.29 is 32.6 Å². The molecule has 8 heteroatoms. The maximum absolute atomic E-state index is 12.1. The minimum atomic E-state index is -4.44. The van der Waals surface area contributed by atoms with Gasteiger partial charge in [-0.15, -0.1) is 0 Å². The lowest BCUT2D eigenvalue weighted by Gasteiger charge is -2.13. The summed E-state index contributed by atoms with van der Waals surface area (Å²) in [6.45, 7) is -1.41. The van der Waals surface area contributed by atoms with Crippen LogP contribution in [0, 0.1) is 11.8 Å². The fourth-order valence-corrected chi connectivity index (χ4v) is 2.52. The number of carbonyl (C=O) groups is 2. The summed E-state index contributed by atoms with van der Waals surface area (Å²) in [5, 5.41) is 11.5. The zero-order chi connectivity index (χ0) is 17.0. The molecule has 126 valence electrons. The second-order valence-corrected chi connectivity index (χ2v) is 5.47. The van der Waals surface area contributed by atoms with Crippen molar-refractivity contribution in [3.05, 3.63) is 24.3 Å². The van der Waals surface area contributed by atoms with Crippen molar-refractivity contribution in [3.63, 3.8) is 0 Å². The lowest BCUT2D eigenvalue weighted by Crippen LogP contribution is -2.22. The molecule has 1 amide bonds. The van der Waals surface area contributed by atoms with Crippen LogP contribution in [0.25, 0.3) is 0 Å². The van der Waals surface area contributed by atoms with Gasteiger partial charge in [-0.2, -0.15) is 13.2 Å². The summed E-state index contributed by atoms with van der Waals surface area (Å²) in [6.07, 6.45) is -3.24. The van der Waals surface area contributed by atoms with E-state index >= 15 is 0 Å². The van der Waals surface area contributed by atoms with Crippen LogP contribution in [-0.4, -0.2) is 29.8 Å². The number of benzene rings is 1. The van der Waals surface area contributed by atoms with E-state index in [4.69, 9.17) is 5.11 Å². The van der Waals surface area contributed by atoms with Crippen molar-refractivity contribution in [1.82, 2.24) is 0 Å². The molecule has 0 radical (unpaired) electrons. The third-order valence-electron chi connectivity index (χ3n) is 3.66. The molecule has 5 nitrogen and oxygen atoms in total. The fraction of sp³-hybridized carbons (Fsp3) is 0.467. The third-order valence-corrected chi connectivity index (χ3v) is 3.66. The number of halogens is 3. The average Bonchev–Trinajstić information content (AvgIpc) is 2.95. The summed E-state index contributed by atoms with van der Waals surface area (Å²) >= 11 is 0. The fourth-order valence-electron chi connectivity index (χ4n) is 2.52. The number of alkyl halides is 3. The van der Waals surface area contributed by atoms with E-state index in [0.29, 0.717) is 18.5 Å². The van der Waals surface area contributed by atoms with Gasteiger partial charge in [0.1, 0.15) is 5.75 Å². The number of aliphatic carboxylic acids is 1. The average molecular weight is 331 g/mol. The normalized spacial score (nSPS) is 21.0. The number of carboxylic acids is 1. The van der Waals surface area contributed by atoms with Crippen LogP contribution in [0.3, 0.4) is 0 Å². The number of amides is 1. The Hall–Kier alpha value is -2.25. The molecule has 1 aliphatic carbocycles. The van der Waals surface area contributed by atoms with Crippen LogP contribution in [0.5, 0.6) is 5.75 Å². The highest BCUT2D eigenvalue weighted by molar-refractivity contribution is 5.93. The quantitative estimate of drug-likeness (QED) is 0.869. The largest absolute Gasteiger partial charge is 0.484 e. The lowest BCUT2D eigenvalue weighted by molar-refractivity contribution is -0.153. The number of anilines is 1. The molecule has 1 aromatic rings. The zero-order valence-electron chi connectivity index (χ0n) is 12.1. The number of hydrogen-bond donors (Lipinski definition) is 2. The number of hydrogen-bond acceptors (Lipinski definition) is 3. The molecule has 2 N–H and O–H groups in total. The van der Waals surface area contributed by atoms with Crippen LogP contribution in [-0.2, 0) is 9.59 Å². The number of nitrogens with one attached hydrogen (secondary N) is 1. The van der Waals surface area contributed by atoms with Crippen LogP contribution < -0.4 is 10.1 Å². The molecule has 0 aromatic heterocycles. The summed E-state index contributed by atoms with van der Waals surface area (Å²) in [5.74, 6) is -2.18. The van der Waals surface area contributed by atoms with Gasteiger partial charge in [-0.25, -0.2) is 0 Å². The van der Waals surface area contributed by atoms with Crippen molar-refractivity contribution in [2.75, 3.05) is 11.9 Å². The molecule has 0 spiro atoms. The van der Waals surface area contributed by atoms with Crippen molar-refractivity contribution in [1.29, 1.82) is 0 Å². The Bertz CT molecular complexity index is 588. The van der Waals surface area contributed by atoms with E-state index in [1.165, 1.54) is 24.3 Å². The Labute approximate surface area is 130 Å². The Balaban J connectivity index is 1.92. The summed E-state index contributed by atoms with van der Waals surface area (Å²) in [6, 6.07) is 5.66. The van der Waals surface area contributed by atoms with Gasteiger partial charge in [-0.05, 0) is 31.4 Å². The molecule has 1 aromatic carbocycles. The molecule has 2 atom stereocenters.